The second kappa shape index (κ2) is 10.5. The molecule has 1 amide bonds. The lowest BCUT2D eigenvalue weighted by molar-refractivity contribution is -0.113. The van der Waals surface area contributed by atoms with Gasteiger partial charge in [-0.3, -0.25) is 4.79 Å². The molecule has 28 heavy (non-hydrogen) atoms. The Morgan fingerprint density at radius 2 is 2.11 bits per heavy atom. The molecule has 0 spiro atoms. The minimum absolute atomic E-state index is 0.0624. The first-order valence-electron chi connectivity index (χ1n) is 10.2. The van der Waals surface area contributed by atoms with Gasteiger partial charge in [-0.1, -0.05) is 49.9 Å². The Morgan fingerprint density at radius 3 is 2.86 bits per heavy atom. The van der Waals surface area contributed by atoms with Crippen LogP contribution < -0.4 is 10.1 Å². The number of amides is 1. The van der Waals surface area contributed by atoms with Gasteiger partial charge in [-0.2, -0.15) is 0 Å². The van der Waals surface area contributed by atoms with Crippen LogP contribution in [0.5, 0.6) is 5.75 Å². The summed E-state index contributed by atoms with van der Waals surface area (Å²) >= 11 is 1.44. The molecule has 1 fully saturated rings. The van der Waals surface area contributed by atoms with E-state index in [0.29, 0.717) is 5.75 Å². The molecule has 3 rings (SSSR count). The van der Waals surface area contributed by atoms with Gasteiger partial charge < -0.3 is 14.6 Å². The first kappa shape index (κ1) is 20.7. The first-order valence-corrected chi connectivity index (χ1v) is 11.2. The molecule has 1 aliphatic rings. The molecule has 1 heterocycles. The fourth-order valence-corrected chi connectivity index (χ4v) is 4.59. The van der Waals surface area contributed by atoms with Gasteiger partial charge in [0.1, 0.15) is 11.6 Å². The molecule has 152 valence electrons. The number of carbonyl (C=O) groups excluding carboxylic acids is 1. The van der Waals surface area contributed by atoms with Crippen molar-refractivity contribution in [2.24, 2.45) is 5.92 Å². The summed E-state index contributed by atoms with van der Waals surface area (Å²) in [6.45, 7) is 2.93. The number of benzene rings is 1. The topological polar surface area (TPSA) is 69.0 Å². The predicted octanol–water partition coefficient (Wildman–Crippen LogP) is 4.55. The van der Waals surface area contributed by atoms with Crippen LogP contribution in [0.4, 0.5) is 5.69 Å². The Kier molecular flexibility index (Phi) is 7.77. The standard InChI is InChI=1S/C21H30N4O2S/c1-3-25-19(13-12-16-8-5-4-6-9-16)23-24-21(25)28-15-20(26)22-17-10-7-11-18(14-17)27-2/h7,10-11,14,16H,3-6,8-9,12-13,15H2,1-2H3,(H,22,26). The van der Waals surface area contributed by atoms with Crippen LogP contribution in [0, 0.1) is 5.92 Å². The molecule has 0 saturated heterocycles. The molecular weight excluding hydrogens is 372 g/mol. The average Bonchev–Trinajstić information content (AvgIpc) is 3.13. The molecule has 0 bridgehead atoms. The molecule has 7 heteroatoms. The van der Waals surface area contributed by atoms with Gasteiger partial charge >= 0.3 is 0 Å². The van der Waals surface area contributed by atoms with Gasteiger partial charge in [0.2, 0.25) is 5.91 Å². The first-order chi connectivity index (χ1) is 13.7. The van der Waals surface area contributed by atoms with Crippen LogP contribution in [-0.4, -0.2) is 33.5 Å². The van der Waals surface area contributed by atoms with Gasteiger partial charge in [0.25, 0.3) is 0 Å². The molecule has 0 unspecified atom stereocenters. The van der Waals surface area contributed by atoms with Gasteiger partial charge in [-0.05, 0) is 31.4 Å². The summed E-state index contributed by atoms with van der Waals surface area (Å²) in [5.41, 5.74) is 0.732. The highest BCUT2D eigenvalue weighted by Gasteiger charge is 2.17. The Labute approximate surface area is 171 Å². The number of thioether (sulfide) groups is 1. The van der Waals surface area contributed by atoms with E-state index in [2.05, 4.69) is 27.0 Å². The van der Waals surface area contributed by atoms with Crippen LogP contribution in [0.2, 0.25) is 0 Å². The normalized spacial score (nSPS) is 14.8. The van der Waals surface area contributed by atoms with E-state index < -0.39 is 0 Å². The van der Waals surface area contributed by atoms with Gasteiger partial charge in [0.05, 0.1) is 12.9 Å². The SMILES string of the molecule is CCn1c(CCC2CCCCC2)nnc1SCC(=O)Nc1cccc(OC)c1. The lowest BCUT2D eigenvalue weighted by Gasteiger charge is -2.21. The molecule has 1 aromatic carbocycles. The number of hydrogen-bond donors (Lipinski definition) is 1. The molecule has 1 aromatic heterocycles. The minimum atomic E-state index is -0.0624. The Hall–Kier alpha value is -2.02. The van der Waals surface area contributed by atoms with Crippen LogP contribution in [0.25, 0.3) is 0 Å². The summed E-state index contributed by atoms with van der Waals surface area (Å²) in [6.07, 6.45) is 9.00. The smallest absolute Gasteiger partial charge is 0.234 e. The maximum atomic E-state index is 12.3. The predicted molar refractivity (Wildman–Crippen MR) is 113 cm³/mol. The largest absolute Gasteiger partial charge is 0.497 e. The molecule has 1 saturated carbocycles. The molecule has 1 N–H and O–H groups in total. The van der Waals surface area contributed by atoms with Crippen molar-refractivity contribution in [1.29, 1.82) is 0 Å². The highest BCUT2D eigenvalue weighted by Crippen LogP contribution is 2.28. The highest BCUT2D eigenvalue weighted by molar-refractivity contribution is 7.99. The minimum Gasteiger partial charge on any atom is -0.497 e. The number of methoxy groups -OCH3 is 1. The van der Waals surface area contributed by atoms with Crippen LogP contribution in [0.1, 0.15) is 51.3 Å². The summed E-state index contributed by atoms with van der Waals surface area (Å²) in [6, 6.07) is 7.36. The van der Waals surface area contributed by atoms with Crippen LogP contribution >= 0.6 is 11.8 Å². The number of aryl methyl sites for hydroxylation is 1. The van der Waals surface area contributed by atoms with Gasteiger partial charge in [-0.25, -0.2) is 0 Å². The molecule has 1 aliphatic carbocycles. The van der Waals surface area contributed by atoms with Crippen molar-refractivity contribution in [3.05, 3.63) is 30.1 Å². The number of aromatic nitrogens is 3. The maximum Gasteiger partial charge on any atom is 0.234 e. The number of anilines is 1. The van der Waals surface area contributed by atoms with Crippen LogP contribution in [0.15, 0.2) is 29.4 Å². The Morgan fingerprint density at radius 1 is 1.29 bits per heavy atom. The maximum absolute atomic E-state index is 12.3. The van der Waals surface area contributed by atoms with E-state index >= 15 is 0 Å². The number of hydrogen-bond acceptors (Lipinski definition) is 5. The van der Waals surface area contributed by atoms with Crippen molar-refractivity contribution in [1.82, 2.24) is 14.8 Å². The molecule has 6 nitrogen and oxygen atoms in total. The third-order valence-corrected chi connectivity index (χ3v) is 6.26. The van der Waals surface area contributed by atoms with Gasteiger partial charge in [-0.15, -0.1) is 10.2 Å². The zero-order valence-electron chi connectivity index (χ0n) is 16.8. The van der Waals surface area contributed by atoms with E-state index in [-0.39, 0.29) is 5.91 Å². The van der Waals surface area contributed by atoms with Crippen molar-refractivity contribution in [2.75, 3.05) is 18.2 Å². The van der Waals surface area contributed by atoms with E-state index in [1.807, 2.05) is 18.2 Å². The van der Waals surface area contributed by atoms with Crippen molar-refractivity contribution in [2.45, 2.75) is 63.6 Å². The zero-order valence-corrected chi connectivity index (χ0v) is 17.6. The van der Waals surface area contributed by atoms with Crippen molar-refractivity contribution in [3.63, 3.8) is 0 Å². The van der Waals surface area contributed by atoms with Crippen molar-refractivity contribution in [3.8, 4) is 5.75 Å². The second-order valence-corrected chi connectivity index (χ2v) is 8.20. The fourth-order valence-electron chi connectivity index (χ4n) is 3.77. The molecule has 0 atom stereocenters. The van der Waals surface area contributed by atoms with E-state index in [9.17, 15) is 4.79 Å². The number of nitrogens with zero attached hydrogens (tertiary/aromatic N) is 3. The lowest BCUT2D eigenvalue weighted by atomic mass is 9.86. The van der Waals surface area contributed by atoms with Crippen LogP contribution in [0.3, 0.4) is 0 Å². The second-order valence-electron chi connectivity index (χ2n) is 7.25. The third kappa shape index (κ3) is 5.74. The Balaban J connectivity index is 1.52. The van der Waals surface area contributed by atoms with E-state index in [4.69, 9.17) is 4.74 Å². The summed E-state index contributed by atoms with van der Waals surface area (Å²) in [4.78, 5) is 12.3. The number of rotatable bonds is 9. The lowest BCUT2D eigenvalue weighted by Crippen LogP contribution is -2.15. The average molecular weight is 403 g/mol. The molecule has 0 radical (unpaired) electrons. The van der Waals surface area contributed by atoms with Gasteiger partial charge in [0, 0.05) is 24.7 Å². The molecular formula is C21H30N4O2S. The number of carbonyl (C=O) groups is 1. The third-order valence-electron chi connectivity index (χ3n) is 5.30. The monoisotopic (exact) mass is 402 g/mol. The van der Waals surface area contributed by atoms with Crippen molar-refractivity contribution >= 4 is 23.4 Å². The quantitative estimate of drug-likeness (QED) is 0.623. The van der Waals surface area contributed by atoms with Gasteiger partial charge in [0.15, 0.2) is 5.16 Å². The summed E-state index contributed by atoms with van der Waals surface area (Å²) in [5, 5.41) is 12.5. The Bertz CT molecular complexity index is 772. The molecule has 2 aromatic rings. The van der Waals surface area contributed by atoms with Crippen molar-refractivity contribution < 1.29 is 9.53 Å². The number of ether oxygens (including phenoxy) is 1. The van der Waals surface area contributed by atoms with E-state index in [1.54, 1.807) is 13.2 Å². The number of nitrogens with one attached hydrogen (secondary N) is 1. The summed E-state index contributed by atoms with van der Waals surface area (Å²) < 4.78 is 7.33. The van der Waals surface area contributed by atoms with E-state index in [1.165, 1.54) is 50.3 Å². The van der Waals surface area contributed by atoms with E-state index in [0.717, 1.165) is 41.3 Å². The summed E-state index contributed by atoms with van der Waals surface area (Å²) in [7, 11) is 1.61. The summed E-state index contributed by atoms with van der Waals surface area (Å²) in [5.74, 6) is 2.84. The molecule has 0 aliphatic heterocycles. The zero-order chi connectivity index (χ0) is 19.8. The fraction of sp³-hybridized carbons (Fsp3) is 0.571. The highest BCUT2D eigenvalue weighted by atomic mass is 32.2. The van der Waals surface area contributed by atoms with Crippen LogP contribution in [-0.2, 0) is 17.8 Å².